The highest BCUT2D eigenvalue weighted by Gasteiger charge is 2.27. The predicted molar refractivity (Wildman–Crippen MR) is 100 cm³/mol. The van der Waals surface area contributed by atoms with Crippen LogP contribution in [0.4, 0.5) is 0 Å². The highest BCUT2D eigenvalue weighted by molar-refractivity contribution is 5.93. The summed E-state index contributed by atoms with van der Waals surface area (Å²) in [5.74, 6) is 0.593. The van der Waals surface area contributed by atoms with Crippen LogP contribution in [0.25, 0.3) is 11.4 Å². The van der Waals surface area contributed by atoms with E-state index < -0.39 is 0 Å². The molecule has 1 amide bonds. The molecule has 4 heterocycles. The molecule has 1 aliphatic rings. The Labute approximate surface area is 156 Å². The maximum Gasteiger partial charge on any atom is 0.271 e. The van der Waals surface area contributed by atoms with Crippen LogP contribution >= 0.6 is 0 Å². The van der Waals surface area contributed by atoms with Crippen LogP contribution in [0.2, 0.25) is 0 Å². The van der Waals surface area contributed by atoms with Gasteiger partial charge in [-0.1, -0.05) is 0 Å². The Balaban J connectivity index is 1.53. The quantitative estimate of drug-likeness (QED) is 0.738. The zero-order chi connectivity index (χ0) is 19.0. The molecular formula is C19H22N6O2. The molecule has 0 saturated carbocycles. The molecule has 0 bridgehead atoms. The molecular weight excluding hydrogens is 344 g/mol. The Bertz CT molecular complexity index is 1030. The van der Waals surface area contributed by atoms with E-state index in [1.165, 1.54) is 6.07 Å². The van der Waals surface area contributed by atoms with E-state index in [0.717, 1.165) is 29.9 Å². The molecule has 0 radical (unpaired) electrons. The second kappa shape index (κ2) is 6.86. The molecule has 1 atom stereocenters. The fourth-order valence-corrected chi connectivity index (χ4v) is 3.67. The van der Waals surface area contributed by atoms with Gasteiger partial charge in [0.1, 0.15) is 17.2 Å². The number of aromatic amines is 2. The van der Waals surface area contributed by atoms with Gasteiger partial charge >= 0.3 is 0 Å². The van der Waals surface area contributed by atoms with Crippen molar-refractivity contribution in [3.05, 3.63) is 58.0 Å². The van der Waals surface area contributed by atoms with Gasteiger partial charge in [-0.05, 0) is 38.0 Å². The lowest BCUT2D eigenvalue weighted by Gasteiger charge is -2.32. The molecule has 140 valence electrons. The van der Waals surface area contributed by atoms with Gasteiger partial charge in [0.25, 0.3) is 11.5 Å². The number of H-pyrrole nitrogens is 2. The summed E-state index contributed by atoms with van der Waals surface area (Å²) in [7, 11) is 1.94. The molecule has 1 saturated heterocycles. The van der Waals surface area contributed by atoms with Gasteiger partial charge in [-0.25, -0.2) is 4.98 Å². The Morgan fingerprint density at radius 2 is 2.19 bits per heavy atom. The zero-order valence-corrected chi connectivity index (χ0v) is 15.4. The number of piperidine rings is 1. The van der Waals surface area contributed by atoms with Crippen molar-refractivity contribution >= 4 is 5.91 Å². The van der Waals surface area contributed by atoms with E-state index in [-0.39, 0.29) is 17.4 Å². The molecule has 27 heavy (non-hydrogen) atoms. The van der Waals surface area contributed by atoms with E-state index in [2.05, 4.69) is 20.2 Å². The summed E-state index contributed by atoms with van der Waals surface area (Å²) in [6, 6.07) is 7.23. The Morgan fingerprint density at radius 3 is 2.93 bits per heavy atom. The van der Waals surface area contributed by atoms with Crippen molar-refractivity contribution in [1.82, 2.24) is 29.6 Å². The number of hydrogen-bond donors (Lipinski definition) is 2. The van der Waals surface area contributed by atoms with Crippen LogP contribution in [0.5, 0.6) is 0 Å². The van der Waals surface area contributed by atoms with Crippen molar-refractivity contribution in [3.8, 4) is 11.4 Å². The van der Waals surface area contributed by atoms with Gasteiger partial charge < -0.3 is 14.5 Å². The van der Waals surface area contributed by atoms with Crippen LogP contribution in [0.1, 0.15) is 40.8 Å². The van der Waals surface area contributed by atoms with Gasteiger partial charge in [0.15, 0.2) is 0 Å². The van der Waals surface area contributed by atoms with E-state index in [1.807, 2.05) is 34.8 Å². The molecule has 3 aromatic heterocycles. The van der Waals surface area contributed by atoms with Crippen LogP contribution in [-0.2, 0) is 7.05 Å². The maximum atomic E-state index is 12.9. The Hall–Kier alpha value is -3.16. The number of carbonyl (C=O) groups excluding carboxylic acids is 1. The molecule has 0 spiro atoms. The minimum Gasteiger partial charge on any atom is -0.349 e. The number of likely N-dealkylation sites (tertiary alicyclic amines) is 1. The smallest absolute Gasteiger partial charge is 0.271 e. The topological polar surface area (TPSA) is 99.7 Å². The fourth-order valence-electron chi connectivity index (χ4n) is 3.67. The third-order valence-corrected chi connectivity index (χ3v) is 5.02. The molecule has 1 unspecified atom stereocenters. The van der Waals surface area contributed by atoms with Crippen LogP contribution in [0, 0.1) is 6.92 Å². The number of aryl methyl sites for hydroxylation is 2. The summed E-state index contributed by atoms with van der Waals surface area (Å²) in [5, 5.41) is 7.15. The molecule has 8 heteroatoms. The minimum absolute atomic E-state index is 0.0685. The van der Waals surface area contributed by atoms with E-state index in [0.29, 0.717) is 24.6 Å². The normalized spacial score (nSPS) is 17.3. The van der Waals surface area contributed by atoms with Gasteiger partial charge in [-0.2, -0.15) is 5.10 Å². The monoisotopic (exact) mass is 366 g/mol. The number of nitrogens with zero attached hydrogens (tertiary/aromatic N) is 4. The molecule has 4 rings (SSSR count). The van der Waals surface area contributed by atoms with Crippen molar-refractivity contribution < 1.29 is 4.79 Å². The van der Waals surface area contributed by atoms with Gasteiger partial charge in [0.05, 0.1) is 11.4 Å². The molecule has 2 N–H and O–H groups in total. The number of carbonyl (C=O) groups is 1. The highest BCUT2D eigenvalue weighted by Crippen LogP contribution is 2.26. The maximum absolute atomic E-state index is 12.9. The largest absolute Gasteiger partial charge is 0.349 e. The molecule has 1 fully saturated rings. The average molecular weight is 366 g/mol. The summed E-state index contributed by atoms with van der Waals surface area (Å²) in [6.45, 7) is 3.01. The summed E-state index contributed by atoms with van der Waals surface area (Å²) < 4.78 is 1.96. The van der Waals surface area contributed by atoms with Gasteiger partial charge in [-0.15, -0.1) is 0 Å². The van der Waals surface area contributed by atoms with Crippen molar-refractivity contribution in [1.29, 1.82) is 0 Å². The SMILES string of the molecule is Cc1nc(C2CCCN(C(=O)c3cc(-c4cccn4C)n[nH]3)C2)cc(=O)[nH]1. The first kappa shape index (κ1) is 17.3. The lowest BCUT2D eigenvalue weighted by Crippen LogP contribution is -2.39. The number of nitrogens with one attached hydrogen (secondary N) is 2. The van der Waals surface area contributed by atoms with Crippen LogP contribution < -0.4 is 5.56 Å². The minimum atomic E-state index is -0.151. The number of aromatic nitrogens is 5. The van der Waals surface area contributed by atoms with Crippen LogP contribution in [0.15, 0.2) is 35.3 Å². The van der Waals surface area contributed by atoms with Gasteiger partial charge in [0, 0.05) is 38.3 Å². The van der Waals surface area contributed by atoms with E-state index in [1.54, 1.807) is 13.0 Å². The van der Waals surface area contributed by atoms with Crippen LogP contribution in [0.3, 0.4) is 0 Å². The fraction of sp³-hybridized carbons (Fsp3) is 0.368. The molecule has 3 aromatic rings. The van der Waals surface area contributed by atoms with Crippen molar-refractivity contribution in [2.75, 3.05) is 13.1 Å². The Kier molecular flexibility index (Phi) is 4.39. The first-order valence-electron chi connectivity index (χ1n) is 9.05. The molecule has 8 nitrogen and oxygen atoms in total. The van der Waals surface area contributed by atoms with E-state index in [9.17, 15) is 9.59 Å². The second-order valence-corrected chi connectivity index (χ2v) is 7.02. The average Bonchev–Trinajstić information content (AvgIpc) is 3.29. The summed E-state index contributed by atoms with van der Waals surface area (Å²) >= 11 is 0. The first-order valence-corrected chi connectivity index (χ1v) is 9.05. The molecule has 1 aliphatic heterocycles. The van der Waals surface area contributed by atoms with Crippen molar-refractivity contribution in [3.63, 3.8) is 0 Å². The summed E-state index contributed by atoms with van der Waals surface area (Å²) in [4.78, 5) is 33.6. The number of amides is 1. The van der Waals surface area contributed by atoms with E-state index in [4.69, 9.17) is 0 Å². The first-order chi connectivity index (χ1) is 13.0. The third kappa shape index (κ3) is 3.42. The zero-order valence-electron chi connectivity index (χ0n) is 15.4. The van der Waals surface area contributed by atoms with Crippen molar-refractivity contribution in [2.45, 2.75) is 25.7 Å². The lowest BCUT2D eigenvalue weighted by atomic mass is 9.94. The van der Waals surface area contributed by atoms with E-state index >= 15 is 0 Å². The highest BCUT2D eigenvalue weighted by atomic mass is 16.2. The van der Waals surface area contributed by atoms with Crippen molar-refractivity contribution in [2.24, 2.45) is 7.05 Å². The number of hydrogen-bond acceptors (Lipinski definition) is 4. The Morgan fingerprint density at radius 1 is 1.33 bits per heavy atom. The summed E-state index contributed by atoms with van der Waals surface area (Å²) in [5.41, 5.74) is 2.77. The third-order valence-electron chi connectivity index (χ3n) is 5.02. The van der Waals surface area contributed by atoms with Crippen LogP contribution in [-0.4, -0.2) is 48.6 Å². The second-order valence-electron chi connectivity index (χ2n) is 7.02. The van der Waals surface area contributed by atoms with Gasteiger partial charge in [-0.3, -0.25) is 14.7 Å². The summed E-state index contributed by atoms with van der Waals surface area (Å²) in [6.07, 6.45) is 3.73. The standard InChI is InChI=1S/C19H22N6O2/c1-12-20-14(10-18(26)21-12)13-5-3-8-25(11-13)19(27)16-9-15(22-23-16)17-6-4-7-24(17)2/h4,6-7,9-10,13H,3,5,8,11H2,1-2H3,(H,22,23)(H,20,21,26). The predicted octanol–water partition coefficient (Wildman–Crippen LogP) is 1.83. The number of rotatable bonds is 3. The molecule has 0 aromatic carbocycles. The van der Waals surface area contributed by atoms with Gasteiger partial charge in [0.2, 0.25) is 0 Å². The lowest BCUT2D eigenvalue weighted by molar-refractivity contribution is 0.0700. The molecule has 0 aliphatic carbocycles.